The molecule has 8 nitrogen and oxygen atoms in total. The van der Waals surface area contributed by atoms with Gasteiger partial charge < -0.3 is 9.47 Å². The molecule has 0 aromatic carbocycles. The van der Waals surface area contributed by atoms with Gasteiger partial charge in [-0.2, -0.15) is 0 Å². The van der Waals surface area contributed by atoms with Crippen LogP contribution in [0.15, 0.2) is 15.9 Å². The number of aryl methyl sites for hydroxylation is 1. The van der Waals surface area contributed by atoms with Gasteiger partial charge in [0.05, 0.1) is 6.33 Å². The van der Waals surface area contributed by atoms with Crippen molar-refractivity contribution >= 4 is 17.1 Å². The second-order valence-corrected chi connectivity index (χ2v) is 6.31. The number of hydrogen-bond donors (Lipinski definition) is 0. The van der Waals surface area contributed by atoms with Gasteiger partial charge in [0, 0.05) is 26.7 Å². The van der Waals surface area contributed by atoms with Crippen molar-refractivity contribution in [2.45, 2.75) is 38.8 Å². The normalized spacial score (nSPS) is 19.1. The van der Waals surface area contributed by atoms with Crippen molar-refractivity contribution in [3.63, 3.8) is 0 Å². The minimum Gasteiger partial charge on any atom is -0.338 e. The number of fused-ring (bicyclic) bond motifs is 1. The van der Waals surface area contributed by atoms with Gasteiger partial charge in [-0.05, 0) is 26.7 Å². The first-order valence-corrected chi connectivity index (χ1v) is 7.77. The first-order valence-electron chi connectivity index (χ1n) is 7.77. The molecule has 1 fully saturated rings. The lowest BCUT2D eigenvalue weighted by molar-refractivity contribution is -0.139. The first-order chi connectivity index (χ1) is 10.8. The zero-order valence-electron chi connectivity index (χ0n) is 13.8. The SMILES string of the molecule is CC(C)N1CCC[C@H](n2cnc3c2c(=O)n(C)c(=O)n3C)C1=O. The van der Waals surface area contributed by atoms with Crippen LogP contribution in [0.3, 0.4) is 0 Å². The van der Waals surface area contributed by atoms with Gasteiger partial charge in [-0.15, -0.1) is 0 Å². The first kappa shape index (κ1) is 15.5. The highest BCUT2D eigenvalue weighted by molar-refractivity contribution is 5.83. The molecule has 0 unspecified atom stereocenters. The lowest BCUT2D eigenvalue weighted by Crippen LogP contribution is -2.46. The Morgan fingerprint density at radius 3 is 2.52 bits per heavy atom. The van der Waals surface area contributed by atoms with E-state index in [0.717, 1.165) is 17.5 Å². The predicted molar refractivity (Wildman–Crippen MR) is 85.3 cm³/mol. The maximum absolute atomic E-state index is 12.8. The fraction of sp³-hybridized carbons (Fsp3) is 0.600. The number of amides is 1. The summed E-state index contributed by atoms with van der Waals surface area (Å²) in [5, 5.41) is 0. The Morgan fingerprint density at radius 2 is 1.87 bits per heavy atom. The number of aromatic nitrogens is 4. The zero-order chi connectivity index (χ0) is 16.9. The van der Waals surface area contributed by atoms with Gasteiger partial charge in [0.2, 0.25) is 5.91 Å². The molecule has 3 heterocycles. The Hall–Kier alpha value is -2.38. The quantitative estimate of drug-likeness (QED) is 0.780. The maximum atomic E-state index is 12.8. The third-order valence-corrected chi connectivity index (χ3v) is 4.58. The van der Waals surface area contributed by atoms with E-state index in [9.17, 15) is 14.4 Å². The van der Waals surface area contributed by atoms with Crippen molar-refractivity contribution in [1.82, 2.24) is 23.6 Å². The van der Waals surface area contributed by atoms with E-state index in [1.54, 1.807) is 11.6 Å². The van der Waals surface area contributed by atoms with Crippen molar-refractivity contribution in [2.75, 3.05) is 6.54 Å². The molecule has 0 aliphatic carbocycles. The van der Waals surface area contributed by atoms with E-state index in [-0.39, 0.29) is 11.9 Å². The van der Waals surface area contributed by atoms with Gasteiger partial charge in [-0.25, -0.2) is 9.78 Å². The summed E-state index contributed by atoms with van der Waals surface area (Å²) in [5.41, 5.74) is -0.229. The smallest absolute Gasteiger partial charge is 0.332 e. The van der Waals surface area contributed by atoms with Crippen LogP contribution in [-0.4, -0.2) is 42.1 Å². The van der Waals surface area contributed by atoms with Crippen LogP contribution >= 0.6 is 0 Å². The summed E-state index contributed by atoms with van der Waals surface area (Å²) in [5.74, 6) is 0.00135. The third-order valence-electron chi connectivity index (χ3n) is 4.58. The van der Waals surface area contributed by atoms with E-state index in [1.165, 1.54) is 17.9 Å². The summed E-state index contributed by atoms with van der Waals surface area (Å²) in [6.45, 7) is 4.69. The van der Waals surface area contributed by atoms with Gasteiger partial charge in [0.15, 0.2) is 11.2 Å². The fourth-order valence-corrected chi connectivity index (χ4v) is 3.25. The Kier molecular flexibility index (Phi) is 3.62. The number of nitrogens with zero attached hydrogens (tertiary/aromatic N) is 5. The number of carbonyl (C=O) groups excluding carboxylic acids is 1. The molecule has 1 saturated heterocycles. The predicted octanol–water partition coefficient (Wildman–Crippen LogP) is 0.00560. The Morgan fingerprint density at radius 1 is 1.17 bits per heavy atom. The lowest BCUT2D eigenvalue weighted by Gasteiger charge is -2.35. The van der Waals surface area contributed by atoms with Crippen LogP contribution in [0, 0.1) is 0 Å². The number of carbonyl (C=O) groups is 1. The van der Waals surface area contributed by atoms with Gasteiger partial charge in [0.25, 0.3) is 5.56 Å². The van der Waals surface area contributed by atoms with Crippen LogP contribution in [0.5, 0.6) is 0 Å². The molecule has 1 aliphatic heterocycles. The molecule has 0 saturated carbocycles. The maximum Gasteiger partial charge on any atom is 0.332 e. The van der Waals surface area contributed by atoms with Gasteiger partial charge in [-0.1, -0.05) is 0 Å². The third kappa shape index (κ3) is 2.20. The van der Waals surface area contributed by atoms with Crippen LogP contribution in [0.1, 0.15) is 32.7 Å². The Balaban J connectivity index is 2.20. The molecule has 1 amide bonds. The van der Waals surface area contributed by atoms with Crippen LogP contribution in [0.2, 0.25) is 0 Å². The minimum absolute atomic E-state index is 0.00135. The molecule has 0 spiro atoms. The standard InChI is InChI=1S/C15H21N5O3/c1-9(2)19-7-5-6-10(13(19)21)20-8-16-12-11(20)14(22)18(4)15(23)17(12)3/h8-10H,5-7H2,1-4H3/t10-/m0/s1. The number of hydrogen-bond acceptors (Lipinski definition) is 4. The molecule has 1 atom stereocenters. The minimum atomic E-state index is -0.443. The van der Waals surface area contributed by atoms with Crippen LogP contribution in [-0.2, 0) is 18.9 Å². The van der Waals surface area contributed by atoms with Crippen molar-refractivity contribution in [3.8, 4) is 0 Å². The summed E-state index contributed by atoms with van der Waals surface area (Å²) >= 11 is 0. The fourth-order valence-electron chi connectivity index (χ4n) is 3.25. The van der Waals surface area contributed by atoms with Crippen LogP contribution < -0.4 is 11.2 Å². The van der Waals surface area contributed by atoms with Gasteiger partial charge >= 0.3 is 5.69 Å². The molecule has 0 bridgehead atoms. The largest absolute Gasteiger partial charge is 0.338 e. The summed E-state index contributed by atoms with van der Waals surface area (Å²) in [6, 6.07) is -0.325. The van der Waals surface area contributed by atoms with E-state index in [2.05, 4.69) is 4.98 Å². The Labute approximate surface area is 132 Å². The van der Waals surface area contributed by atoms with E-state index >= 15 is 0 Å². The highest BCUT2D eigenvalue weighted by Gasteiger charge is 2.33. The topological polar surface area (TPSA) is 82.1 Å². The van der Waals surface area contributed by atoms with E-state index < -0.39 is 17.3 Å². The van der Waals surface area contributed by atoms with E-state index in [0.29, 0.717) is 17.6 Å². The molecule has 1 aliphatic rings. The summed E-state index contributed by atoms with van der Waals surface area (Å²) in [4.78, 5) is 43.3. The summed E-state index contributed by atoms with van der Waals surface area (Å²) < 4.78 is 4.02. The molecule has 2 aromatic rings. The van der Waals surface area contributed by atoms with Crippen molar-refractivity contribution in [2.24, 2.45) is 14.1 Å². The van der Waals surface area contributed by atoms with Gasteiger partial charge in [0.1, 0.15) is 6.04 Å². The second kappa shape index (κ2) is 5.36. The number of rotatable bonds is 2. The van der Waals surface area contributed by atoms with Crippen LogP contribution in [0.25, 0.3) is 11.2 Å². The monoisotopic (exact) mass is 319 g/mol. The summed E-state index contributed by atoms with van der Waals surface area (Å²) in [7, 11) is 3.01. The number of imidazole rings is 1. The van der Waals surface area contributed by atoms with Crippen molar-refractivity contribution in [1.29, 1.82) is 0 Å². The molecule has 8 heteroatoms. The lowest BCUT2D eigenvalue weighted by atomic mass is 10.0. The molecule has 0 N–H and O–H groups in total. The molecule has 124 valence electrons. The van der Waals surface area contributed by atoms with Crippen molar-refractivity contribution in [3.05, 3.63) is 27.2 Å². The molecular weight excluding hydrogens is 298 g/mol. The van der Waals surface area contributed by atoms with E-state index in [4.69, 9.17) is 0 Å². The number of piperidine rings is 1. The average molecular weight is 319 g/mol. The van der Waals surface area contributed by atoms with E-state index in [1.807, 2.05) is 18.7 Å². The zero-order valence-corrected chi connectivity index (χ0v) is 13.8. The molecule has 23 heavy (non-hydrogen) atoms. The highest BCUT2D eigenvalue weighted by Crippen LogP contribution is 2.26. The average Bonchev–Trinajstić information content (AvgIpc) is 2.95. The molecule has 2 aromatic heterocycles. The highest BCUT2D eigenvalue weighted by atomic mass is 16.2. The molecular formula is C15H21N5O3. The second-order valence-electron chi connectivity index (χ2n) is 6.31. The number of likely N-dealkylation sites (tertiary alicyclic amines) is 1. The summed E-state index contributed by atoms with van der Waals surface area (Å²) in [6.07, 6.45) is 3.04. The Bertz CT molecular complexity index is 889. The molecule has 0 radical (unpaired) electrons. The van der Waals surface area contributed by atoms with Crippen molar-refractivity contribution < 1.29 is 4.79 Å². The van der Waals surface area contributed by atoms with Crippen LogP contribution in [0.4, 0.5) is 0 Å². The molecule has 3 rings (SSSR count). The van der Waals surface area contributed by atoms with Gasteiger partial charge in [-0.3, -0.25) is 18.7 Å².